The molecular weight excluding hydrogens is 168 g/mol. The van der Waals surface area contributed by atoms with Crippen molar-refractivity contribution in [2.75, 3.05) is 7.05 Å². The zero-order valence-corrected chi connectivity index (χ0v) is 7.65. The fourth-order valence-electron chi connectivity index (χ4n) is 0.779. The van der Waals surface area contributed by atoms with Crippen LogP contribution in [0.25, 0.3) is 0 Å². The van der Waals surface area contributed by atoms with Crippen LogP contribution in [0.5, 0.6) is 5.75 Å². The summed E-state index contributed by atoms with van der Waals surface area (Å²) in [6.07, 6.45) is -0.580. The number of hydrogen-bond donors (Lipinski definition) is 1. The van der Waals surface area contributed by atoms with E-state index in [0.717, 1.165) is 10.6 Å². The van der Waals surface area contributed by atoms with E-state index in [1.165, 1.54) is 7.05 Å². The van der Waals surface area contributed by atoms with Gasteiger partial charge in [-0.2, -0.15) is 0 Å². The van der Waals surface area contributed by atoms with Gasteiger partial charge in [-0.3, -0.25) is 0 Å². The van der Waals surface area contributed by atoms with Crippen LogP contribution >= 0.6 is 0 Å². The van der Waals surface area contributed by atoms with Crippen LogP contribution < -0.4 is 10.6 Å². The van der Waals surface area contributed by atoms with Crippen molar-refractivity contribution in [3.05, 3.63) is 29.8 Å². The number of rotatable bonds is 1. The molecule has 13 heavy (non-hydrogen) atoms. The van der Waals surface area contributed by atoms with Gasteiger partial charge >= 0.3 is 6.09 Å². The highest BCUT2D eigenvalue weighted by Gasteiger charge is 2.05. The molecule has 1 rings (SSSR count). The normalized spacial score (nSPS) is 9.46. The van der Waals surface area contributed by atoms with Gasteiger partial charge in [0.2, 0.25) is 0 Å². The topological polar surface area (TPSA) is 55.6 Å². The average molecular weight is 180 g/mol. The zero-order valence-electron chi connectivity index (χ0n) is 7.65. The van der Waals surface area contributed by atoms with Gasteiger partial charge in [-0.15, -0.1) is 0 Å². The molecule has 0 bridgehead atoms. The molecule has 0 heterocycles. The first kappa shape index (κ1) is 9.54. The van der Waals surface area contributed by atoms with E-state index in [1.807, 2.05) is 19.1 Å². The summed E-state index contributed by atoms with van der Waals surface area (Å²) >= 11 is 0. The summed E-state index contributed by atoms with van der Waals surface area (Å²) in [6, 6.07) is 7.16. The van der Waals surface area contributed by atoms with Crippen LogP contribution in [0, 0.1) is 6.92 Å². The molecule has 2 N–H and O–H groups in total. The molecule has 1 aromatic carbocycles. The molecule has 1 amide bonds. The lowest BCUT2D eigenvalue weighted by Crippen LogP contribution is -2.35. The van der Waals surface area contributed by atoms with Crippen molar-refractivity contribution in [2.24, 2.45) is 5.84 Å². The Morgan fingerprint density at radius 2 is 1.92 bits per heavy atom. The van der Waals surface area contributed by atoms with Gasteiger partial charge in [-0.25, -0.2) is 15.6 Å². The number of ether oxygens (including phenoxy) is 1. The van der Waals surface area contributed by atoms with Gasteiger partial charge in [0.1, 0.15) is 5.75 Å². The van der Waals surface area contributed by atoms with E-state index in [9.17, 15) is 4.79 Å². The molecule has 4 heteroatoms. The number of aryl methyl sites for hydroxylation is 1. The first-order valence-corrected chi connectivity index (χ1v) is 3.86. The van der Waals surface area contributed by atoms with E-state index in [0.29, 0.717) is 5.75 Å². The minimum absolute atomic E-state index is 0.493. The molecule has 0 aliphatic carbocycles. The number of carbonyl (C=O) groups excluding carboxylic acids is 1. The maximum atomic E-state index is 11.0. The summed E-state index contributed by atoms with van der Waals surface area (Å²) in [6.45, 7) is 1.96. The molecule has 0 saturated heterocycles. The summed E-state index contributed by atoms with van der Waals surface area (Å²) < 4.78 is 4.89. The SMILES string of the molecule is Cc1ccc(OC(=O)N(C)N)cc1. The Morgan fingerprint density at radius 3 is 2.38 bits per heavy atom. The van der Waals surface area contributed by atoms with Crippen LogP contribution in [0.1, 0.15) is 5.56 Å². The van der Waals surface area contributed by atoms with E-state index in [2.05, 4.69) is 0 Å². The molecule has 1 aromatic rings. The Hall–Kier alpha value is -1.55. The Bertz CT molecular complexity index is 293. The van der Waals surface area contributed by atoms with Crippen molar-refractivity contribution >= 4 is 6.09 Å². The van der Waals surface area contributed by atoms with E-state index in [-0.39, 0.29) is 0 Å². The van der Waals surface area contributed by atoms with Crippen molar-refractivity contribution in [1.29, 1.82) is 0 Å². The number of hydrogen-bond acceptors (Lipinski definition) is 3. The minimum Gasteiger partial charge on any atom is -0.409 e. The van der Waals surface area contributed by atoms with Gasteiger partial charge < -0.3 is 4.74 Å². The Labute approximate surface area is 76.9 Å². The maximum Gasteiger partial charge on any atom is 0.429 e. The number of nitrogens with zero attached hydrogens (tertiary/aromatic N) is 1. The second-order valence-corrected chi connectivity index (χ2v) is 2.79. The quantitative estimate of drug-likeness (QED) is 0.402. The molecule has 0 saturated carbocycles. The Kier molecular flexibility index (Phi) is 2.87. The van der Waals surface area contributed by atoms with Crippen molar-refractivity contribution in [3.8, 4) is 5.75 Å². The van der Waals surface area contributed by atoms with Gasteiger partial charge in [0.25, 0.3) is 0 Å². The third-order valence-corrected chi connectivity index (χ3v) is 1.51. The minimum atomic E-state index is -0.580. The molecule has 0 unspecified atom stereocenters. The number of hydrazine groups is 1. The number of nitrogens with two attached hydrogens (primary N) is 1. The summed E-state index contributed by atoms with van der Waals surface area (Å²) in [5, 5.41) is 0.889. The second-order valence-electron chi connectivity index (χ2n) is 2.79. The largest absolute Gasteiger partial charge is 0.429 e. The van der Waals surface area contributed by atoms with Crippen LogP contribution in [0.4, 0.5) is 4.79 Å². The third kappa shape index (κ3) is 2.76. The standard InChI is InChI=1S/C9H12N2O2/c1-7-3-5-8(6-4-7)13-9(12)11(2)10/h3-6H,10H2,1-2H3. The number of amides is 1. The molecule has 0 spiro atoms. The highest BCUT2D eigenvalue weighted by molar-refractivity contribution is 5.69. The van der Waals surface area contributed by atoms with Crippen LogP contribution in [0.3, 0.4) is 0 Å². The van der Waals surface area contributed by atoms with Crippen molar-refractivity contribution < 1.29 is 9.53 Å². The van der Waals surface area contributed by atoms with Gasteiger partial charge in [-0.1, -0.05) is 17.7 Å². The summed E-state index contributed by atoms with van der Waals surface area (Å²) in [5.74, 6) is 5.67. The fraction of sp³-hybridized carbons (Fsp3) is 0.222. The molecule has 0 aromatic heterocycles. The monoisotopic (exact) mass is 180 g/mol. The molecule has 0 radical (unpaired) electrons. The number of carbonyl (C=O) groups is 1. The van der Waals surface area contributed by atoms with Crippen molar-refractivity contribution in [2.45, 2.75) is 6.92 Å². The van der Waals surface area contributed by atoms with E-state index < -0.39 is 6.09 Å². The van der Waals surface area contributed by atoms with Gasteiger partial charge in [0, 0.05) is 7.05 Å². The predicted molar refractivity (Wildman–Crippen MR) is 49.2 cm³/mol. The van der Waals surface area contributed by atoms with Gasteiger partial charge in [0.05, 0.1) is 0 Å². The van der Waals surface area contributed by atoms with Gasteiger partial charge in [-0.05, 0) is 19.1 Å². The van der Waals surface area contributed by atoms with Gasteiger partial charge in [0.15, 0.2) is 0 Å². The zero-order chi connectivity index (χ0) is 9.84. The smallest absolute Gasteiger partial charge is 0.409 e. The van der Waals surface area contributed by atoms with Crippen LogP contribution in [-0.2, 0) is 0 Å². The summed E-state index contributed by atoms with van der Waals surface area (Å²) in [5.41, 5.74) is 1.11. The maximum absolute atomic E-state index is 11.0. The van der Waals surface area contributed by atoms with E-state index >= 15 is 0 Å². The lowest BCUT2D eigenvalue weighted by atomic mass is 10.2. The van der Waals surface area contributed by atoms with Crippen LogP contribution in [0.2, 0.25) is 0 Å². The molecule has 0 atom stereocenters. The molecule has 70 valence electrons. The lowest BCUT2D eigenvalue weighted by molar-refractivity contribution is 0.163. The molecule has 4 nitrogen and oxygen atoms in total. The fourth-order valence-corrected chi connectivity index (χ4v) is 0.779. The Balaban J connectivity index is 2.65. The average Bonchev–Trinajstić information content (AvgIpc) is 2.08. The second kappa shape index (κ2) is 3.91. The molecule has 0 aliphatic heterocycles. The van der Waals surface area contributed by atoms with Crippen molar-refractivity contribution in [3.63, 3.8) is 0 Å². The Morgan fingerprint density at radius 1 is 1.38 bits per heavy atom. The summed E-state index contributed by atoms with van der Waals surface area (Å²) in [4.78, 5) is 11.0. The highest BCUT2D eigenvalue weighted by atomic mass is 16.6. The predicted octanol–water partition coefficient (Wildman–Crippen LogP) is 1.30. The van der Waals surface area contributed by atoms with Crippen LogP contribution in [0.15, 0.2) is 24.3 Å². The molecule has 0 fully saturated rings. The number of benzene rings is 1. The first-order chi connectivity index (χ1) is 6.09. The molecular formula is C9H12N2O2. The van der Waals surface area contributed by atoms with Crippen molar-refractivity contribution in [1.82, 2.24) is 5.01 Å². The first-order valence-electron chi connectivity index (χ1n) is 3.86. The lowest BCUT2D eigenvalue weighted by Gasteiger charge is -2.09. The van der Waals surface area contributed by atoms with E-state index in [1.54, 1.807) is 12.1 Å². The van der Waals surface area contributed by atoms with Crippen LogP contribution in [-0.4, -0.2) is 18.1 Å². The highest BCUT2D eigenvalue weighted by Crippen LogP contribution is 2.11. The van der Waals surface area contributed by atoms with E-state index in [4.69, 9.17) is 10.6 Å². The molecule has 0 aliphatic rings. The third-order valence-electron chi connectivity index (χ3n) is 1.51. The summed E-state index contributed by atoms with van der Waals surface area (Å²) in [7, 11) is 1.43.